The van der Waals surface area contributed by atoms with E-state index < -0.39 is 0 Å². The summed E-state index contributed by atoms with van der Waals surface area (Å²) in [7, 11) is 4.11. The number of anilines is 2. The maximum Gasteiger partial charge on any atom is 0.0751 e. The van der Waals surface area contributed by atoms with Crippen LogP contribution in [0.25, 0.3) is 0 Å². The van der Waals surface area contributed by atoms with Crippen molar-refractivity contribution >= 4 is 11.4 Å². The molecule has 0 fully saturated rings. The summed E-state index contributed by atoms with van der Waals surface area (Å²) >= 11 is 0. The molecule has 2 aromatic rings. The molecule has 1 heterocycles. The molecule has 0 bridgehead atoms. The zero-order valence-electron chi connectivity index (χ0n) is 12.0. The van der Waals surface area contributed by atoms with Gasteiger partial charge in [0.05, 0.1) is 19.3 Å². The first-order valence-electron chi connectivity index (χ1n) is 6.93. The molecule has 0 aliphatic carbocycles. The van der Waals surface area contributed by atoms with Crippen LogP contribution in [0, 0.1) is 0 Å². The van der Waals surface area contributed by atoms with Crippen LogP contribution in [0.1, 0.15) is 17.2 Å². The van der Waals surface area contributed by atoms with Crippen molar-refractivity contribution < 1.29 is 4.74 Å². The van der Waals surface area contributed by atoms with Gasteiger partial charge in [-0.05, 0) is 29.3 Å². The second kappa shape index (κ2) is 5.55. The minimum Gasteiger partial charge on any atom is -0.378 e. The van der Waals surface area contributed by atoms with E-state index in [0.717, 1.165) is 5.69 Å². The number of ether oxygens (including phenoxy) is 1. The third-order valence-corrected chi connectivity index (χ3v) is 3.68. The second-order valence-corrected chi connectivity index (χ2v) is 5.36. The Morgan fingerprint density at radius 3 is 2.80 bits per heavy atom. The fourth-order valence-corrected chi connectivity index (χ4v) is 2.58. The quantitative estimate of drug-likeness (QED) is 0.923. The van der Waals surface area contributed by atoms with Crippen molar-refractivity contribution in [3.63, 3.8) is 0 Å². The lowest BCUT2D eigenvalue weighted by molar-refractivity contribution is 0.0970. The third-order valence-electron chi connectivity index (χ3n) is 3.68. The summed E-state index contributed by atoms with van der Waals surface area (Å²) in [4.78, 5) is 2.11. The van der Waals surface area contributed by atoms with Gasteiger partial charge in [-0.2, -0.15) is 0 Å². The molecular weight excluding hydrogens is 248 g/mol. The lowest BCUT2D eigenvalue weighted by Gasteiger charge is -2.27. The van der Waals surface area contributed by atoms with E-state index in [9.17, 15) is 0 Å². The van der Waals surface area contributed by atoms with Gasteiger partial charge in [0.2, 0.25) is 0 Å². The predicted octanol–water partition coefficient (Wildman–Crippen LogP) is 3.44. The molecule has 1 aliphatic rings. The van der Waals surface area contributed by atoms with Crippen molar-refractivity contribution in [1.82, 2.24) is 0 Å². The van der Waals surface area contributed by atoms with Crippen molar-refractivity contribution in [2.75, 3.05) is 30.9 Å². The van der Waals surface area contributed by atoms with Gasteiger partial charge >= 0.3 is 0 Å². The third kappa shape index (κ3) is 2.63. The van der Waals surface area contributed by atoms with Gasteiger partial charge in [-0.1, -0.05) is 30.3 Å². The summed E-state index contributed by atoms with van der Waals surface area (Å²) in [5.74, 6) is 0. The number of hydrogen-bond donors (Lipinski definition) is 1. The van der Waals surface area contributed by atoms with Crippen molar-refractivity contribution in [2.24, 2.45) is 0 Å². The Labute approximate surface area is 120 Å². The van der Waals surface area contributed by atoms with Crippen LogP contribution in [0.3, 0.4) is 0 Å². The Balaban J connectivity index is 1.84. The number of nitrogens with one attached hydrogen (secondary N) is 1. The second-order valence-electron chi connectivity index (χ2n) is 5.36. The molecule has 0 aromatic heterocycles. The molecule has 3 heteroatoms. The van der Waals surface area contributed by atoms with E-state index >= 15 is 0 Å². The molecule has 0 radical (unpaired) electrons. The fourth-order valence-electron chi connectivity index (χ4n) is 2.58. The summed E-state index contributed by atoms with van der Waals surface area (Å²) in [6.45, 7) is 1.43. The van der Waals surface area contributed by atoms with E-state index in [2.05, 4.69) is 72.8 Å². The maximum atomic E-state index is 5.69. The first-order chi connectivity index (χ1) is 9.74. The topological polar surface area (TPSA) is 24.5 Å². The normalized spacial score (nSPS) is 17.4. The predicted molar refractivity (Wildman–Crippen MR) is 83.2 cm³/mol. The molecule has 0 saturated carbocycles. The Kier molecular flexibility index (Phi) is 3.61. The maximum absolute atomic E-state index is 5.69. The molecule has 3 rings (SSSR count). The molecule has 1 aliphatic heterocycles. The van der Waals surface area contributed by atoms with Crippen LogP contribution in [-0.2, 0) is 11.3 Å². The lowest BCUT2D eigenvalue weighted by Crippen LogP contribution is -2.23. The first kappa shape index (κ1) is 13.0. The van der Waals surface area contributed by atoms with E-state index in [0.29, 0.717) is 13.2 Å². The monoisotopic (exact) mass is 268 g/mol. The Morgan fingerprint density at radius 2 is 1.95 bits per heavy atom. The van der Waals surface area contributed by atoms with Crippen LogP contribution >= 0.6 is 0 Å². The molecule has 1 N–H and O–H groups in total. The SMILES string of the molecule is CN(C)c1cccc(NC2COCc3ccccc32)c1. The molecule has 3 nitrogen and oxygen atoms in total. The van der Waals surface area contributed by atoms with Gasteiger partial charge in [-0.3, -0.25) is 0 Å². The van der Waals surface area contributed by atoms with Gasteiger partial charge < -0.3 is 15.0 Å². The number of fused-ring (bicyclic) bond motifs is 1. The van der Waals surface area contributed by atoms with Crippen LogP contribution < -0.4 is 10.2 Å². The average molecular weight is 268 g/mol. The standard InChI is InChI=1S/C17H20N2O/c1-19(2)15-8-5-7-14(10-15)18-17-12-20-11-13-6-3-4-9-16(13)17/h3-10,17-18H,11-12H2,1-2H3. The van der Waals surface area contributed by atoms with Gasteiger partial charge in [0.1, 0.15) is 0 Å². The zero-order chi connectivity index (χ0) is 13.9. The molecule has 2 aromatic carbocycles. The number of benzene rings is 2. The number of hydrogen-bond acceptors (Lipinski definition) is 3. The highest BCUT2D eigenvalue weighted by atomic mass is 16.5. The smallest absolute Gasteiger partial charge is 0.0751 e. The minimum absolute atomic E-state index is 0.220. The molecule has 1 unspecified atom stereocenters. The highest BCUT2D eigenvalue weighted by Gasteiger charge is 2.20. The minimum atomic E-state index is 0.220. The van der Waals surface area contributed by atoms with Crippen LogP contribution in [0.15, 0.2) is 48.5 Å². The molecule has 0 amide bonds. The molecule has 0 saturated heterocycles. The van der Waals surface area contributed by atoms with Gasteiger partial charge in [-0.25, -0.2) is 0 Å². The van der Waals surface area contributed by atoms with Crippen molar-refractivity contribution in [2.45, 2.75) is 12.6 Å². The molecular formula is C17H20N2O. The largest absolute Gasteiger partial charge is 0.378 e. The highest BCUT2D eigenvalue weighted by Crippen LogP contribution is 2.28. The average Bonchev–Trinajstić information content (AvgIpc) is 2.48. The highest BCUT2D eigenvalue weighted by molar-refractivity contribution is 5.58. The summed E-state index contributed by atoms with van der Waals surface area (Å²) in [6, 6.07) is 17.2. The molecule has 104 valence electrons. The van der Waals surface area contributed by atoms with E-state index in [1.807, 2.05) is 0 Å². The Bertz CT molecular complexity index is 595. The molecule has 20 heavy (non-hydrogen) atoms. The van der Waals surface area contributed by atoms with E-state index in [1.54, 1.807) is 0 Å². The van der Waals surface area contributed by atoms with E-state index in [-0.39, 0.29) is 6.04 Å². The zero-order valence-corrected chi connectivity index (χ0v) is 12.0. The van der Waals surface area contributed by atoms with Crippen LogP contribution in [-0.4, -0.2) is 20.7 Å². The Hall–Kier alpha value is -2.00. The van der Waals surface area contributed by atoms with Gasteiger partial charge in [0.15, 0.2) is 0 Å². The first-order valence-corrected chi connectivity index (χ1v) is 6.93. The van der Waals surface area contributed by atoms with Crippen LogP contribution in [0.5, 0.6) is 0 Å². The summed E-state index contributed by atoms with van der Waals surface area (Å²) in [5.41, 5.74) is 4.94. The Morgan fingerprint density at radius 1 is 1.10 bits per heavy atom. The lowest BCUT2D eigenvalue weighted by atomic mass is 9.99. The summed E-state index contributed by atoms with van der Waals surface area (Å²) in [5, 5.41) is 3.58. The van der Waals surface area contributed by atoms with Crippen LogP contribution in [0.4, 0.5) is 11.4 Å². The van der Waals surface area contributed by atoms with Gasteiger partial charge in [0, 0.05) is 25.5 Å². The summed E-state index contributed by atoms with van der Waals surface area (Å²) < 4.78 is 5.69. The van der Waals surface area contributed by atoms with Crippen molar-refractivity contribution in [3.05, 3.63) is 59.7 Å². The molecule has 1 atom stereocenters. The number of rotatable bonds is 3. The number of nitrogens with zero attached hydrogens (tertiary/aromatic N) is 1. The van der Waals surface area contributed by atoms with E-state index in [4.69, 9.17) is 4.74 Å². The fraction of sp³-hybridized carbons (Fsp3) is 0.294. The van der Waals surface area contributed by atoms with Crippen molar-refractivity contribution in [1.29, 1.82) is 0 Å². The van der Waals surface area contributed by atoms with Gasteiger partial charge in [0.25, 0.3) is 0 Å². The summed E-state index contributed by atoms with van der Waals surface area (Å²) in [6.07, 6.45) is 0. The van der Waals surface area contributed by atoms with E-state index in [1.165, 1.54) is 16.8 Å². The van der Waals surface area contributed by atoms with Crippen molar-refractivity contribution in [3.8, 4) is 0 Å². The molecule has 0 spiro atoms. The van der Waals surface area contributed by atoms with Gasteiger partial charge in [-0.15, -0.1) is 0 Å². The van der Waals surface area contributed by atoms with Crippen LogP contribution in [0.2, 0.25) is 0 Å².